The van der Waals surface area contributed by atoms with Crippen LogP contribution >= 0.6 is 0 Å². The minimum Gasteiger partial charge on any atom is -0.492 e. The molecule has 1 aliphatic heterocycles. The number of fused-ring (bicyclic) bond motifs is 1. The van der Waals surface area contributed by atoms with Crippen LogP contribution in [0, 0.1) is 11.6 Å². The van der Waals surface area contributed by atoms with Crippen LogP contribution in [-0.4, -0.2) is 36.2 Å². The molecule has 0 unspecified atom stereocenters. The van der Waals surface area contributed by atoms with E-state index >= 15 is 0 Å². The summed E-state index contributed by atoms with van der Waals surface area (Å²) in [6.07, 6.45) is 0.0766. The predicted octanol–water partition coefficient (Wildman–Crippen LogP) is 2.45. The van der Waals surface area contributed by atoms with Gasteiger partial charge in [0.1, 0.15) is 24.0 Å². The highest BCUT2D eigenvalue weighted by molar-refractivity contribution is 6.21. The Morgan fingerprint density at radius 2 is 1.54 bits per heavy atom. The molecule has 0 N–H and O–H groups in total. The van der Waals surface area contributed by atoms with Crippen LogP contribution in [0.25, 0.3) is 0 Å². The Labute approximate surface area is 135 Å². The molecule has 0 aromatic heterocycles. The van der Waals surface area contributed by atoms with Crippen molar-refractivity contribution in [3.63, 3.8) is 0 Å². The molecular weight excluding hydrogens is 320 g/mol. The molecule has 24 heavy (non-hydrogen) atoms. The quantitative estimate of drug-likeness (QED) is 0.624. The maximum Gasteiger partial charge on any atom is 0.261 e. The van der Waals surface area contributed by atoms with E-state index < -0.39 is 29.0 Å². The highest BCUT2D eigenvalue weighted by atomic mass is 19.1. The van der Waals surface area contributed by atoms with Gasteiger partial charge in [-0.3, -0.25) is 19.3 Å². The molecule has 1 aliphatic rings. The average molecular weight is 331 g/mol. The van der Waals surface area contributed by atoms with Crippen LogP contribution in [0.15, 0.2) is 36.4 Å². The van der Waals surface area contributed by atoms with Gasteiger partial charge < -0.3 is 4.74 Å². The largest absolute Gasteiger partial charge is 0.492 e. The lowest BCUT2D eigenvalue weighted by atomic mass is 10.1. The van der Waals surface area contributed by atoms with Gasteiger partial charge in [0, 0.05) is 12.1 Å². The number of hydrogen-bond donors (Lipinski definition) is 0. The first-order valence-electron chi connectivity index (χ1n) is 7.05. The molecule has 5 nitrogen and oxygen atoms in total. The van der Waals surface area contributed by atoms with E-state index in [2.05, 4.69) is 0 Å². The van der Waals surface area contributed by atoms with E-state index in [1.54, 1.807) is 24.3 Å². The van der Waals surface area contributed by atoms with Crippen molar-refractivity contribution < 1.29 is 27.9 Å². The summed E-state index contributed by atoms with van der Waals surface area (Å²) in [5, 5.41) is 0. The van der Waals surface area contributed by atoms with Crippen molar-refractivity contribution in [2.75, 3.05) is 13.2 Å². The number of carbonyl (C=O) groups is 3. The molecule has 0 atom stereocenters. The summed E-state index contributed by atoms with van der Waals surface area (Å²) in [7, 11) is 0. The topological polar surface area (TPSA) is 63.7 Å². The van der Waals surface area contributed by atoms with Crippen LogP contribution in [0.2, 0.25) is 0 Å². The van der Waals surface area contributed by atoms with Gasteiger partial charge >= 0.3 is 0 Å². The molecule has 2 amide bonds. The third kappa shape index (κ3) is 2.64. The molecule has 2 aromatic rings. The normalized spacial score (nSPS) is 13.2. The van der Waals surface area contributed by atoms with Crippen molar-refractivity contribution in [1.82, 2.24) is 4.90 Å². The van der Waals surface area contributed by atoms with Crippen molar-refractivity contribution in [3.05, 3.63) is 64.7 Å². The summed E-state index contributed by atoms with van der Waals surface area (Å²) >= 11 is 0. The second-order valence-corrected chi connectivity index (χ2v) is 5.07. The minimum atomic E-state index is -1.04. The van der Waals surface area contributed by atoms with Crippen LogP contribution in [0.3, 0.4) is 0 Å². The van der Waals surface area contributed by atoms with E-state index in [4.69, 9.17) is 4.74 Å². The zero-order chi connectivity index (χ0) is 17.3. The van der Waals surface area contributed by atoms with E-state index in [1.807, 2.05) is 0 Å². The Kier molecular flexibility index (Phi) is 4.07. The fourth-order valence-electron chi connectivity index (χ4n) is 2.45. The minimum absolute atomic E-state index is 0.0645. The molecule has 0 radical (unpaired) electrons. The number of halogens is 2. The molecule has 0 saturated heterocycles. The lowest BCUT2D eigenvalue weighted by molar-refractivity contribution is 0.0630. The molecule has 0 saturated carbocycles. The van der Waals surface area contributed by atoms with E-state index in [-0.39, 0.29) is 25.2 Å². The summed E-state index contributed by atoms with van der Waals surface area (Å²) in [4.78, 5) is 35.8. The third-order valence-electron chi connectivity index (χ3n) is 3.63. The summed E-state index contributed by atoms with van der Waals surface area (Å²) in [5.74, 6) is -3.09. The molecule has 122 valence electrons. The Balaban J connectivity index is 1.67. The van der Waals surface area contributed by atoms with Crippen molar-refractivity contribution in [1.29, 1.82) is 0 Å². The Morgan fingerprint density at radius 1 is 1.00 bits per heavy atom. The number of ether oxygens (including phenoxy) is 1. The Hall–Kier alpha value is -3.09. The smallest absolute Gasteiger partial charge is 0.261 e. The fourth-order valence-corrected chi connectivity index (χ4v) is 2.45. The molecular formula is C17H11F2NO4. The SMILES string of the molecule is O=Cc1c(F)cc(OCCN2C(=O)c3ccccc3C2=O)cc1F. The van der Waals surface area contributed by atoms with Crippen LogP contribution in [0.5, 0.6) is 5.75 Å². The lowest BCUT2D eigenvalue weighted by Gasteiger charge is -2.14. The van der Waals surface area contributed by atoms with Gasteiger partial charge in [0.25, 0.3) is 11.8 Å². The maximum absolute atomic E-state index is 13.5. The van der Waals surface area contributed by atoms with Gasteiger partial charge in [-0.2, -0.15) is 0 Å². The van der Waals surface area contributed by atoms with Gasteiger partial charge in [0.05, 0.1) is 23.2 Å². The average Bonchev–Trinajstić information content (AvgIpc) is 2.80. The van der Waals surface area contributed by atoms with Crippen molar-refractivity contribution >= 4 is 18.1 Å². The second-order valence-electron chi connectivity index (χ2n) is 5.07. The molecule has 0 aliphatic carbocycles. The van der Waals surface area contributed by atoms with Crippen molar-refractivity contribution in [2.24, 2.45) is 0 Å². The summed E-state index contributed by atoms with van der Waals surface area (Å²) < 4.78 is 32.1. The third-order valence-corrected chi connectivity index (χ3v) is 3.63. The van der Waals surface area contributed by atoms with E-state index in [9.17, 15) is 23.2 Å². The number of amides is 2. The summed E-state index contributed by atoms with van der Waals surface area (Å²) in [5.41, 5.74) is -0.0486. The van der Waals surface area contributed by atoms with Gasteiger partial charge in [0.15, 0.2) is 6.29 Å². The van der Waals surface area contributed by atoms with Crippen LogP contribution in [-0.2, 0) is 0 Å². The number of rotatable bonds is 5. The number of carbonyl (C=O) groups excluding carboxylic acids is 3. The molecule has 2 aromatic carbocycles. The summed E-state index contributed by atoms with van der Waals surface area (Å²) in [6, 6.07) is 8.16. The van der Waals surface area contributed by atoms with Crippen LogP contribution < -0.4 is 4.74 Å². The van der Waals surface area contributed by atoms with Gasteiger partial charge in [-0.05, 0) is 12.1 Å². The number of hydrogen-bond acceptors (Lipinski definition) is 4. The first-order chi connectivity index (χ1) is 11.5. The van der Waals surface area contributed by atoms with Gasteiger partial charge in [-0.1, -0.05) is 12.1 Å². The molecule has 0 spiro atoms. The Bertz CT molecular complexity index is 792. The predicted molar refractivity (Wildman–Crippen MR) is 79.0 cm³/mol. The zero-order valence-corrected chi connectivity index (χ0v) is 12.3. The number of benzene rings is 2. The molecule has 3 rings (SSSR count). The standard InChI is InChI=1S/C17H11F2NO4/c18-14-7-10(8-15(19)13(14)9-21)24-6-5-20-16(22)11-3-1-2-4-12(11)17(20)23/h1-4,7-9H,5-6H2. The summed E-state index contributed by atoms with van der Waals surface area (Å²) in [6.45, 7) is -0.199. The van der Waals surface area contributed by atoms with Gasteiger partial charge in [0.2, 0.25) is 0 Å². The molecule has 7 heteroatoms. The van der Waals surface area contributed by atoms with Crippen LogP contribution in [0.4, 0.5) is 8.78 Å². The van der Waals surface area contributed by atoms with Crippen LogP contribution in [0.1, 0.15) is 31.1 Å². The molecule has 1 heterocycles. The second kappa shape index (κ2) is 6.19. The van der Waals surface area contributed by atoms with E-state index in [0.717, 1.165) is 17.0 Å². The zero-order valence-electron chi connectivity index (χ0n) is 12.3. The molecule has 0 bridgehead atoms. The lowest BCUT2D eigenvalue weighted by Crippen LogP contribution is -2.33. The highest BCUT2D eigenvalue weighted by Gasteiger charge is 2.34. The van der Waals surface area contributed by atoms with Crippen molar-refractivity contribution in [2.45, 2.75) is 0 Å². The first-order valence-corrected chi connectivity index (χ1v) is 7.05. The first kappa shape index (κ1) is 15.8. The number of aldehydes is 1. The number of imide groups is 1. The fraction of sp³-hybridized carbons (Fsp3) is 0.118. The van der Waals surface area contributed by atoms with E-state index in [1.165, 1.54) is 0 Å². The maximum atomic E-state index is 13.5. The number of nitrogens with zero attached hydrogens (tertiary/aromatic N) is 1. The van der Waals surface area contributed by atoms with Crippen molar-refractivity contribution in [3.8, 4) is 5.75 Å². The monoisotopic (exact) mass is 331 g/mol. The Morgan fingerprint density at radius 3 is 2.04 bits per heavy atom. The highest BCUT2D eigenvalue weighted by Crippen LogP contribution is 2.23. The molecule has 0 fully saturated rings. The van der Waals surface area contributed by atoms with E-state index in [0.29, 0.717) is 11.1 Å². The van der Waals surface area contributed by atoms with Gasteiger partial charge in [-0.25, -0.2) is 8.78 Å². The van der Waals surface area contributed by atoms with Gasteiger partial charge in [-0.15, -0.1) is 0 Å².